The lowest BCUT2D eigenvalue weighted by Gasteiger charge is -2.37. The number of benzene rings is 2. The number of aromatic nitrogens is 2. The molecule has 0 bridgehead atoms. The van der Waals surface area contributed by atoms with Gasteiger partial charge in [0.05, 0.1) is 5.92 Å². The van der Waals surface area contributed by atoms with Gasteiger partial charge in [-0.1, -0.05) is 30.3 Å². The van der Waals surface area contributed by atoms with Crippen molar-refractivity contribution in [2.45, 2.75) is 57.7 Å². The maximum atomic E-state index is 14.0. The second-order valence-electron chi connectivity index (χ2n) is 13.5. The second kappa shape index (κ2) is 12.8. The summed E-state index contributed by atoms with van der Waals surface area (Å²) in [5.41, 5.74) is 4.31. The number of fused-ring (bicyclic) bond motifs is 1. The lowest BCUT2D eigenvalue weighted by molar-refractivity contribution is -0.146. The first-order valence-corrected chi connectivity index (χ1v) is 16.7. The van der Waals surface area contributed by atoms with Crippen molar-refractivity contribution in [2.24, 2.45) is 5.92 Å². The Bertz CT molecular complexity index is 1690. The lowest BCUT2D eigenvalue weighted by atomic mass is 9.95. The minimum absolute atomic E-state index is 0.00746. The number of hydrogen-bond donors (Lipinski definition) is 2. The van der Waals surface area contributed by atoms with E-state index in [4.69, 9.17) is 4.74 Å². The average molecular weight is 621 g/mol. The second-order valence-corrected chi connectivity index (χ2v) is 13.5. The molecule has 9 heteroatoms. The largest absolute Gasteiger partial charge is 0.478 e. The van der Waals surface area contributed by atoms with E-state index in [-0.39, 0.29) is 17.7 Å². The maximum absolute atomic E-state index is 14.0. The lowest BCUT2D eigenvalue weighted by Crippen LogP contribution is -2.54. The number of piperazine rings is 1. The highest BCUT2D eigenvalue weighted by molar-refractivity contribution is 5.85. The molecule has 9 nitrogen and oxygen atoms in total. The molecule has 0 radical (unpaired) electrons. The van der Waals surface area contributed by atoms with Crippen molar-refractivity contribution in [1.82, 2.24) is 25.1 Å². The van der Waals surface area contributed by atoms with Crippen molar-refractivity contribution >= 4 is 28.5 Å². The first kappa shape index (κ1) is 30.3. The Balaban J connectivity index is 1.00. The molecule has 4 aromatic rings. The van der Waals surface area contributed by atoms with Gasteiger partial charge in [0.2, 0.25) is 5.91 Å². The van der Waals surface area contributed by atoms with Gasteiger partial charge in [-0.3, -0.25) is 9.59 Å². The third-order valence-electron chi connectivity index (χ3n) is 9.56. The Morgan fingerprint density at radius 2 is 1.78 bits per heavy atom. The van der Waals surface area contributed by atoms with Crippen LogP contribution in [0.15, 0.2) is 73.1 Å². The van der Waals surface area contributed by atoms with Crippen LogP contribution in [0.4, 0.5) is 5.69 Å². The van der Waals surface area contributed by atoms with E-state index >= 15 is 0 Å². The molecule has 2 aliphatic heterocycles. The number of amides is 2. The fourth-order valence-electron chi connectivity index (χ4n) is 6.85. The van der Waals surface area contributed by atoms with Gasteiger partial charge >= 0.3 is 0 Å². The third kappa shape index (κ3) is 6.60. The molecule has 7 rings (SSSR count). The molecule has 1 saturated carbocycles. The van der Waals surface area contributed by atoms with Crippen LogP contribution in [0.5, 0.6) is 5.75 Å². The molecule has 0 unspecified atom stereocenters. The van der Waals surface area contributed by atoms with Gasteiger partial charge in [0.15, 0.2) is 5.60 Å². The number of ether oxygens (including phenoxy) is 1. The Morgan fingerprint density at radius 3 is 2.57 bits per heavy atom. The number of piperidine rings is 1. The van der Waals surface area contributed by atoms with Gasteiger partial charge in [0.1, 0.15) is 11.4 Å². The van der Waals surface area contributed by atoms with E-state index in [1.807, 2.05) is 55.4 Å². The first-order valence-electron chi connectivity index (χ1n) is 16.7. The SMILES string of the molecule is CC(C)(Oc1cccc(N2CCC[C@@H](C(=O)N(Cc3ccc(-c4cnc5[nH]ccc5c4)cc3)C3CC3)C2)c1)C(=O)N1CCNCC1. The number of hydrogen-bond acceptors (Lipinski definition) is 6. The van der Waals surface area contributed by atoms with E-state index in [0.717, 1.165) is 78.7 Å². The van der Waals surface area contributed by atoms with Crippen LogP contribution < -0.4 is 15.0 Å². The van der Waals surface area contributed by atoms with Crippen molar-refractivity contribution in [3.8, 4) is 16.9 Å². The van der Waals surface area contributed by atoms with Crippen molar-refractivity contribution < 1.29 is 14.3 Å². The van der Waals surface area contributed by atoms with Crippen LogP contribution in [-0.4, -0.2) is 82.5 Å². The number of pyridine rings is 1. The zero-order chi connectivity index (χ0) is 31.7. The van der Waals surface area contributed by atoms with E-state index < -0.39 is 5.60 Å². The summed E-state index contributed by atoms with van der Waals surface area (Å²) < 4.78 is 6.30. The predicted octanol–water partition coefficient (Wildman–Crippen LogP) is 5.23. The summed E-state index contributed by atoms with van der Waals surface area (Å²) in [4.78, 5) is 41.2. The van der Waals surface area contributed by atoms with Crippen LogP contribution in [0.2, 0.25) is 0 Å². The molecule has 46 heavy (non-hydrogen) atoms. The Morgan fingerprint density at radius 1 is 0.978 bits per heavy atom. The molecule has 2 amide bonds. The Labute approximate surface area is 270 Å². The summed E-state index contributed by atoms with van der Waals surface area (Å²) in [7, 11) is 0. The molecular formula is C37H44N6O3. The Hall–Kier alpha value is -4.37. The number of H-pyrrole nitrogens is 1. The average Bonchev–Trinajstić information content (AvgIpc) is 3.83. The predicted molar refractivity (Wildman–Crippen MR) is 181 cm³/mol. The van der Waals surface area contributed by atoms with E-state index in [2.05, 4.69) is 61.5 Å². The van der Waals surface area contributed by atoms with Gasteiger partial charge in [-0.25, -0.2) is 4.98 Å². The molecule has 0 spiro atoms. The van der Waals surface area contributed by atoms with E-state index in [1.165, 1.54) is 0 Å². The minimum Gasteiger partial charge on any atom is -0.478 e. The van der Waals surface area contributed by atoms with E-state index in [9.17, 15) is 9.59 Å². The van der Waals surface area contributed by atoms with Crippen molar-refractivity contribution in [1.29, 1.82) is 0 Å². The maximum Gasteiger partial charge on any atom is 0.266 e. The highest BCUT2D eigenvalue weighted by atomic mass is 16.5. The minimum atomic E-state index is -0.966. The summed E-state index contributed by atoms with van der Waals surface area (Å²) in [5, 5.41) is 4.39. The highest BCUT2D eigenvalue weighted by Gasteiger charge is 2.38. The van der Waals surface area contributed by atoms with Gasteiger partial charge in [0, 0.05) is 87.0 Å². The Kier molecular flexibility index (Phi) is 8.42. The quantitative estimate of drug-likeness (QED) is 0.266. The number of nitrogens with zero attached hydrogens (tertiary/aromatic N) is 4. The summed E-state index contributed by atoms with van der Waals surface area (Å²) in [6.07, 6.45) is 7.81. The number of rotatable bonds is 9. The monoisotopic (exact) mass is 620 g/mol. The van der Waals surface area contributed by atoms with E-state index in [1.54, 1.807) is 0 Å². The molecule has 2 aromatic heterocycles. The summed E-state index contributed by atoms with van der Waals surface area (Å²) >= 11 is 0. The van der Waals surface area contributed by atoms with Gasteiger partial charge in [-0.2, -0.15) is 0 Å². The van der Waals surface area contributed by atoms with Gasteiger partial charge in [-0.05, 0) is 74.9 Å². The standard InChI is InChI=1S/C37H44N6O3/c1-37(2,36(45)41-19-16-38-17-20-41)46-33-7-3-6-32(22-33)42-18-4-5-29(25-42)35(44)43(31-12-13-31)24-26-8-10-27(11-9-26)30-21-28-14-15-39-34(28)40-23-30/h3,6-11,14-15,21-23,29,31,38H,4-5,12-13,16-20,24-25H2,1-2H3,(H,39,40)/t29-/m1/s1. The number of carbonyl (C=O) groups excluding carboxylic acids is 2. The molecule has 3 fully saturated rings. The van der Waals surface area contributed by atoms with Crippen molar-refractivity contribution in [2.75, 3.05) is 44.2 Å². The smallest absolute Gasteiger partial charge is 0.266 e. The molecule has 1 atom stereocenters. The molecule has 240 valence electrons. The summed E-state index contributed by atoms with van der Waals surface area (Å²) in [5.74, 6) is 0.885. The van der Waals surface area contributed by atoms with Crippen LogP contribution in [-0.2, 0) is 16.1 Å². The molecular weight excluding hydrogens is 576 g/mol. The fraction of sp³-hybridized carbons (Fsp3) is 0.432. The van der Waals surface area contributed by atoms with Crippen LogP contribution in [0, 0.1) is 5.92 Å². The van der Waals surface area contributed by atoms with Gasteiger partial charge < -0.3 is 29.7 Å². The van der Waals surface area contributed by atoms with Gasteiger partial charge in [0.25, 0.3) is 5.91 Å². The zero-order valence-corrected chi connectivity index (χ0v) is 26.9. The number of carbonyl (C=O) groups is 2. The highest BCUT2D eigenvalue weighted by Crippen LogP contribution is 2.34. The first-order chi connectivity index (χ1) is 22.3. The summed E-state index contributed by atoms with van der Waals surface area (Å²) in [6, 6.07) is 21.1. The molecule has 4 heterocycles. The molecule has 2 saturated heterocycles. The van der Waals surface area contributed by atoms with Gasteiger partial charge in [-0.15, -0.1) is 0 Å². The molecule has 2 aromatic carbocycles. The topological polar surface area (TPSA) is 93.8 Å². The van der Waals surface area contributed by atoms with E-state index in [0.29, 0.717) is 38.0 Å². The molecule has 1 aliphatic carbocycles. The zero-order valence-electron chi connectivity index (χ0n) is 26.9. The molecule has 3 aliphatic rings. The van der Waals surface area contributed by atoms with Crippen LogP contribution >= 0.6 is 0 Å². The van der Waals surface area contributed by atoms with Crippen LogP contribution in [0.25, 0.3) is 22.2 Å². The van der Waals surface area contributed by atoms with Crippen molar-refractivity contribution in [3.05, 3.63) is 78.6 Å². The van der Waals surface area contributed by atoms with Crippen molar-refractivity contribution in [3.63, 3.8) is 0 Å². The van der Waals surface area contributed by atoms with Crippen LogP contribution in [0.3, 0.4) is 0 Å². The third-order valence-corrected chi connectivity index (χ3v) is 9.56. The normalized spacial score (nSPS) is 18.9. The molecule has 2 N–H and O–H groups in total. The fourth-order valence-corrected chi connectivity index (χ4v) is 6.85. The number of nitrogens with one attached hydrogen (secondary N) is 2. The number of anilines is 1. The van der Waals surface area contributed by atoms with Crippen LogP contribution in [0.1, 0.15) is 45.1 Å². The number of aromatic amines is 1. The summed E-state index contributed by atoms with van der Waals surface area (Å²) in [6.45, 7) is 8.91.